The van der Waals surface area contributed by atoms with Gasteiger partial charge in [-0.2, -0.15) is 0 Å². The van der Waals surface area contributed by atoms with Crippen LogP contribution in [0.3, 0.4) is 0 Å². The highest BCUT2D eigenvalue weighted by molar-refractivity contribution is 7.99. The number of thioether (sulfide) groups is 1. The van der Waals surface area contributed by atoms with Crippen molar-refractivity contribution in [2.24, 2.45) is 0 Å². The third kappa shape index (κ3) is 4.54. The second kappa shape index (κ2) is 9.14. The lowest BCUT2D eigenvalue weighted by atomic mass is 10.1. The van der Waals surface area contributed by atoms with E-state index in [9.17, 15) is 14.0 Å². The van der Waals surface area contributed by atoms with E-state index in [4.69, 9.17) is 11.6 Å². The zero-order valence-electron chi connectivity index (χ0n) is 17.4. The molecule has 0 saturated heterocycles. The Morgan fingerprint density at radius 3 is 2.62 bits per heavy atom. The maximum Gasteiger partial charge on any atom is 0.266 e. The minimum atomic E-state index is -0.521. The van der Waals surface area contributed by atoms with Gasteiger partial charge in [0, 0.05) is 10.7 Å². The van der Waals surface area contributed by atoms with Crippen LogP contribution in [-0.4, -0.2) is 21.2 Å². The van der Waals surface area contributed by atoms with Gasteiger partial charge in [0.1, 0.15) is 5.82 Å². The molecular weight excluding hydrogens is 449 g/mol. The molecule has 0 spiro atoms. The Morgan fingerprint density at radius 2 is 1.88 bits per heavy atom. The van der Waals surface area contributed by atoms with Gasteiger partial charge >= 0.3 is 0 Å². The van der Waals surface area contributed by atoms with Crippen LogP contribution in [0.5, 0.6) is 0 Å². The molecular formula is C24H19ClFN3O2S. The highest BCUT2D eigenvalue weighted by atomic mass is 35.5. The fraction of sp³-hybridized carbons (Fsp3) is 0.125. The summed E-state index contributed by atoms with van der Waals surface area (Å²) in [5, 5.41) is 3.91. The first-order valence-corrected chi connectivity index (χ1v) is 11.2. The number of fused-ring (bicyclic) bond motifs is 1. The Labute approximate surface area is 193 Å². The maximum atomic E-state index is 13.8. The zero-order valence-corrected chi connectivity index (χ0v) is 18.9. The molecule has 0 aliphatic carbocycles. The molecule has 1 amide bonds. The molecule has 0 atom stereocenters. The van der Waals surface area contributed by atoms with Gasteiger partial charge in [0.25, 0.3) is 5.56 Å². The van der Waals surface area contributed by atoms with E-state index in [1.807, 2.05) is 32.0 Å². The maximum absolute atomic E-state index is 13.8. The van der Waals surface area contributed by atoms with Crippen LogP contribution in [0.15, 0.2) is 70.6 Å². The van der Waals surface area contributed by atoms with Crippen molar-refractivity contribution in [2.75, 3.05) is 11.1 Å². The van der Waals surface area contributed by atoms with Crippen LogP contribution in [-0.2, 0) is 4.79 Å². The fourth-order valence-electron chi connectivity index (χ4n) is 3.25. The summed E-state index contributed by atoms with van der Waals surface area (Å²) in [7, 11) is 0. The first-order valence-electron chi connectivity index (χ1n) is 9.80. The molecule has 0 aliphatic heterocycles. The number of aromatic nitrogens is 2. The molecule has 4 aromatic rings. The van der Waals surface area contributed by atoms with Crippen LogP contribution >= 0.6 is 23.4 Å². The van der Waals surface area contributed by atoms with Crippen LogP contribution in [0.2, 0.25) is 5.02 Å². The number of hydrogen-bond donors (Lipinski definition) is 1. The van der Waals surface area contributed by atoms with E-state index in [0.717, 1.165) is 28.6 Å². The average molecular weight is 468 g/mol. The minimum Gasteiger partial charge on any atom is -0.325 e. The van der Waals surface area contributed by atoms with Crippen molar-refractivity contribution in [1.29, 1.82) is 0 Å². The topological polar surface area (TPSA) is 64.0 Å². The quantitative estimate of drug-likeness (QED) is 0.310. The van der Waals surface area contributed by atoms with Crippen molar-refractivity contribution in [3.8, 4) is 5.69 Å². The van der Waals surface area contributed by atoms with E-state index in [1.54, 1.807) is 24.3 Å². The Bertz CT molecular complexity index is 1390. The van der Waals surface area contributed by atoms with Crippen LogP contribution < -0.4 is 10.9 Å². The van der Waals surface area contributed by atoms with E-state index in [-0.39, 0.29) is 17.0 Å². The second-order valence-corrected chi connectivity index (χ2v) is 8.64. The Balaban J connectivity index is 1.69. The highest BCUT2D eigenvalue weighted by Gasteiger charge is 2.16. The molecule has 0 fully saturated rings. The lowest BCUT2D eigenvalue weighted by molar-refractivity contribution is -0.113. The normalized spacial score (nSPS) is 11.0. The van der Waals surface area contributed by atoms with Gasteiger partial charge in [0.2, 0.25) is 5.91 Å². The van der Waals surface area contributed by atoms with Gasteiger partial charge in [0.05, 0.1) is 22.3 Å². The summed E-state index contributed by atoms with van der Waals surface area (Å²) in [6.07, 6.45) is 0. The largest absolute Gasteiger partial charge is 0.325 e. The van der Waals surface area contributed by atoms with Gasteiger partial charge in [-0.3, -0.25) is 14.2 Å². The number of carbonyl (C=O) groups excluding carboxylic acids is 1. The van der Waals surface area contributed by atoms with E-state index < -0.39 is 11.4 Å². The summed E-state index contributed by atoms with van der Waals surface area (Å²) in [4.78, 5) is 30.4. The number of benzene rings is 3. The van der Waals surface area contributed by atoms with Crippen molar-refractivity contribution in [2.45, 2.75) is 19.0 Å². The van der Waals surface area contributed by atoms with Crippen molar-refractivity contribution in [1.82, 2.24) is 9.55 Å². The lowest BCUT2D eigenvalue weighted by Gasteiger charge is -2.14. The van der Waals surface area contributed by atoms with Gasteiger partial charge in [0.15, 0.2) is 5.16 Å². The molecule has 1 heterocycles. The number of hydrogen-bond acceptors (Lipinski definition) is 4. The van der Waals surface area contributed by atoms with Crippen LogP contribution in [0.1, 0.15) is 11.1 Å². The molecule has 162 valence electrons. The number of amides is 1. The summed E-state index contributed by atoms with van der Waals surface area (Å²) < 4.78 is 15.1. The molecule has 1 N–H and O–H groups in total. The van der Waals surface area contributed by atoms with Crippen molar-refractivity contribution < 1.29 is 9.18 Å². The molecule has 5 nitrogen and oxygen atoms in total. The molecule has 4 rings (SSSR count). The van der Waals surface area contributed by atoms with Gasteiger partial charge in [-0.15, -0.1) is 0 Å². The van der Waals surface area contributed by atoms with Gasteiger partial charge in [-0.25, -0.2) is 9.37 Å². The van der Waals surface area contributed by atoms with Gasteiger partial charge in [-0.1, -0.05) is 35.5 Å². The summed E-state index contributed by atoms with van der Waals surface area (Å²) >= 11 is 7.12. The molecule has 32 heavy (non-hydrogen) atoms. The number of nitrogens with one attached hydrogen (secondary N) is 1. The number of aryl methyl sites for hydroxylation is 1. The molecule has 0 radical (unpaired) electrons. The number of rotatable bonds is 5. The Morgan fingerprint density at radius 1 is 1.12 bits per heavy atom. The van der Waals surface area contributed by atoms with Crippen LogP contribution in [0.4, 0.5) is 10.1 Å². The van der Waals surface area contributed by atoms with E-state index in [0.29, 0.717) is 21.4 Å². The van der Waals surface area contributed by atoms with Crippen molar-refractivity contribution in [3.05, 3.63) is 93.0 Å². The number of anilines is 1. The fourth-order valence-corrected chi connectivity index (χ4v) is 4.19. The third-order valence-corrected chi connectivity index (χ3v) is 6.29. The third-order valence-electron chi connectivity index (χ3n) is 5.10. The lowest BCUT2D eigenvalue weighted by Crippen LogP contribution is -2.23. The molecule has 3 aromatic carbocycles. The smallest absolute Gasteiger partial charge is 0.266 e. The summed E-state index contributed by atoms with van der Waals surface area (Å²) in [6, 6.07) is 16.2. The molecule has 0 bridgehead atoms. The van der Waals surface area contributed by atoms with E-state index in [2.05, 4.69) is 10.3 Å². The second-order valence-electron chi connectivity index (χ2n) is 7.26. The SMILES string of the molecule is Cc1cccc(NC(=O)CSc2nc3ccc(F)cc3c(=O)n2-c2ccc(Cl)cc2)c1C. The molecule has 0 aliphatic rings. The predicted molar refractivity (Wildman–Crippen MR) is 128 cm³/mol. The standard InChI is InChI=1S/C24H19ClFN3O2S/c1-14-4-3-5-20(15(14)2)27-22(30)13-32-24-28-21-11-8-17(26)12-19(21)23(31)29(24)18-9-6-16(25)7-10-18/h3-12H,13H2,1-2H3,(H,27,30). The molecule has 0 unspecified atom stereocenters. The first kappa shape index (κ1) is 22.0. The van der Waals surface area contributed by atoms with Crippen LogP contribution in [0, 0.1) is 19.7 Å². The minimum absolute atomic E-state index is 0.0418. The van der Waals surface area contributed by atoms with E-state index >= 15 is 0 Å². The zero-order chi connectivity index (χ0) is 22.8. The monoisotopic (exact) mass is 467 g/mol. The average Bonchev–Trinajstić information content (AvgIpc) is 2.77. The molecule has 8 heteroatoms. The summed E-state index contributed by atoms with van der Waals surface area (Å²) in [5.41, 5.74) is 3.28. The number of carbonyl (C=O) groups is 1. The Kier molecular flexibility index (Phi) is 6.30. The number of nitrogens with zero attached hydrogens (tertiary/aromatic N) is 2. The van der Waals surface area contributed by atoms with Crippen LogP contribution in [0.25, 0.3) is 16.6 Å². The van der Waals surface area contributed by atoms with Crippen molar-refractivity contribution >= 4 is 45.9 Å². The van der Waals surface area contributed by atoms with Gasteiger partial charge < -0.3 is 5.32 Å². The summed E-state index contributed by atoms with van der Waals surface area (Å²) in [5.74, 6) is -0.702. The number of halogens is 2. The predicted octanol–water partition coefficient (Wildman–Crippen LogP) is 5.53. The van der Waals surface area contributed by atoms with E-state index in [1.165, 1.54) is 22.8 Å². The molecule has 1 aromatic heterocycles. The Hall–Kier alpha value is -3.16. The first-order chi connectivity index (χ1) is 15.3. The van der Waals surface area contributed by atoms with Gasteiger partial charge in [-0.05, 0) is 73.5 Å². The summed E-state index contributed by atoms with van der Waals surface area (Å²) in [6.45, 7) is 3.92. The van der Waals surface area contributed by atoms with Crippen molar-refractivity contribution in [3.63, 3.8) is 0 Å². The highest BCUT2D eigenvalue weighted by Crippen LogP contribution is 2.24. The molecule has 0 saturated carbocycles.